The van der Waals surface area contributed by atoms with Crippen molar-refractivity contribution in [3.8, 4) is 17.2 Å². The number of rotatable bonds is 9. The molecule has 0 aliphatic heterocycles. The third kappa shape index (κ3) is 5.02. The van der Waals surface area contributed by atoms with Crippen molar-refractivity contribution in [2.45, 2.75) is 26.4 Å². The van der Waals surface area contributed by atoms with Gasteiger partial charge < -0.3 is 19.5 Å². The van der Waals surface area contributed by atoms with Crippen LogP contribution >= 0.6 is 0 Å². The standard InChI is InChI=1S/C21H25NO4/c1-5-9-16-12-13-19(20(14-16)24-4)26-15(3)21(23)22-17-10-7-8-11-18(17)25-6-2/h5,7-8,10-15H,1,6,9H2,2-4H3,(H,22,23). The predicted octanol–water partition coefficient (Wildman–Crippen LogP) is 4.23. The Morgan fingerprint density at radius 1 is 1.19 bits per heavy atom. The van der Waals surface area contributed by atoms with Gasteiger partial charge in [-0.15, -0.1) is 6.58 Å². The van der Waals surface area contributed by atoms with Crippen LogP contribution in [0.2, 0.25) is 0 Å². The van der Waals surface area contributed by atoms with Gasteiger partial charge in [-0.3, -0.25) is 4.79 Å². The lowest BCUT2D eigenvalue weighted by Gasteiger charge is -2.18. The molecule has 1 unspecified atom stereocenters. The number of carbonyl (C=O) groups excluding carboxylic acids is 1. The fraction of sp³-hybridized carbons (Fsp3) is 0.286. The Hall–Kier alpha value is -2.95. The molecular formula is C21H25NO4. The van der Waals surface area contributed by atoms with Crippen molar-refractivity contribution in [1.29, 1.82) is 0 Å². The highest BCUT2D eigenvalue weighted by atomic mass is 16.5. The summed E-state index contributed by atoms with van der Waals surface area (Å²) in [5.74, 6) is 1.45. The molecule has 2 aromatic carbocycles. The summed E-state index contributed by atoms with van der Waals surface area (Å²) in [6, 6.07) is 12.9. The molecule has 0 aliphatic rings. The van der Waals surface area contributed by atoms with Crippen molar-refractivity contribution in [3.05, 3.63) is 60.7 Å². The van der Waals surface area contributed by atoms with Crippen molar-refractivity contribution in [2.75, 3.05) is 19.0 Å². The van der Waals surface area contributed by atoms with Gasteiger partial charge in [0, 0.05) is 0 Å². The van der Waals surface area contributed by atoms with E-state index in [2.05, 4.69) is 11.9 Å². The summed E-state index contributed by atoms with van der Waals surface area (Å²) in [7, 11) is 1.57. The van der Waals surface area contributed by atoms with E-state index >= 15 is 0 Å². The smallest absolute Gasteiger partial charge is 0.265 e. The molecule has 2 rings (SSSR count). The molecule has 0 saturated heterocycles. The molecule has 0 saturated carbocycles. The molecular weight excluding hydrogens is 330 g/mol. The topological polar surface area (TPSA) is 56.8 Å². The zero-order chi connectivity index (χ0) is 18.9. The number of para-hydroxylation sites is 2. The Morgan fingerprint density at radius 3 is 2.65 bits per heavy atom. The summed E-state index contributed by atoms with van der Waals surface area (Å²) >= 11 is 0. The highest BCUT2D eigenvalue weighted by Gasteiger charge is 2.18. The van der Waals surface area contributed by atoms with Gasteiger partial charge in [-0.05, 0) is 50.1 Å². The molecule has 1 N–H and O–H groups in total. The maximum absolute atomic E-state index is 12.5. The van der Waals surface area contributed by atoms with Crippen molar-refractivity contribution >= 4 is 11.6 Å². The number of anilines is 1. The van der Waals surface area contributed by atoms with E-state index in [0.29, 0.717) is 29.5 Å². The van der Waals surface area contributed by atoms with Crippen LogP contribution in [0.15, 0.2) is 55.1 Å². The van der Waals surface area contributed by atoms with Gasteiger partial charge in [0.05, 0.1) is 19.4 Å². The van der Waals surface area contributed by atoms with Crippen LogP contribution in [0.5, 0.6) is 17.2 Å². The van der Waals surface area contributed by atoms with E-state index in [0.717, 1.165) is 12.0 Å². The number of hydrogen-bond donors (Lipinski definition) is 1. The minimum Gasteiger partial charge on any atom is -0.493 e. The fourth-order valence-corrected chi connectivity index (χ4v) is 2.43. The number of allylic oxidation sites excluding steroid dienone is 1. The van der Waals surface area contributed by atoms with Crippen LogP contribution in [0.4, 0.5) is 5.69 Å². The summed E-state index contributed by atoms with van der Waals surface area (Å²) in [5, 5.41) is 2.84. The number of nitrogens with one attached hydrogen (secondary N) is 1. The fourth-order valence-electron chi connectivity index (χ4n) is 2.43. The monoisotopic (exact) mass is 355 g/mol. The minimum absolute atomic E-state index is 0.269. The molecule has 0 aliphatic carbocycles. The molecule has 0 spiro atoms. The first-order valence-corrected chi connectivity index (χ1v) is 8.56. The molecule has 2 aromatic rings. The van der Waals surface area contributed by atoms with Crippen LogP contribution in [0.1, 0.15) is 19.4 Å². The highest BCUT2D eigenvalue weighted by molar-refractivity contribution is 5.95. The highest BCUT2D eigenvalue weighted by Crippen LogP contribution is 2.30. The zero-order valence-corrected chi connectivity index (χ0v) is 15.5. The molecule has 0 fully saturated rings. The van der Waals surface area contributed by atoms with E-state index < -0.39 is 6.10 Å². The van der Waals surface area contributed by atoms with E-state index in [1.54, 1.807) is 26.2 Å². The van der Waals surface area contributed by atoms with Crippen LogP contribution in [0.3, 0.4) is 0 Å². The summed E-state index contributed by atoms with van der Waals surface area (Å²) in [4.78, 5) is 12.5. The number of carbonyl (C=O) groups is 1. The lowest BCUT2D eigenvalue weighted by atomic mass is 10.1. The quantitative estimate of drug-likeness (QED) is 0.684. The van der Waals surface area contributed by atoms with Gasteiger partial charge in [-0.25, -0.2) is 0 Å². The molecule has 5 nitrogen and oxygen atoms in total. The zero-order valence-electron chi connectivity index (χ0n) is 15.5. The third-order valence-electron chi connectivity index (χ3n) is 3.73. The first kappa shape index (κ1) is 19.4. The molecule has 1 amide bonds. The van der Waals surface area contributed by atoms with Gasteiger partial charge >= 0.3 is 0 Å². The number of hydrogen-bond acceptors (Lipinski definition) is 4. The largest absolute Gasteiger partial charge is 0.493 e. The Bertz CT molecular complexity index is 757. The minimum atomic E-state index is -0.705. The first-order chi connectivity index (χ1) is 12.6. The molecule has 26 heavy (non-hydrogen) atoms. The van der Waals surface area contributed by atoms with E-state index in [4.69, 9.17) is 14.2 Å². The Balaban J connectivity index is 2.08. The molecule has 0 radical (unpaired) electrons. The second kappa shape index (κ2) is 9.51. The predicted molar refractivity (Wildman–Crippen MR) is 103 cm³/mol. The van der Waals surface area contributed by atoms with E-state index in [-0.39, 0.29) is 5.91 Å². The van der Waals surface area contributed by atoms with Gasteiger partial charge in [0.2, 0.25) is 0 Å². The summed E-state index contributed by atoms with van der Waals surface area (Å²) in [5.41, 5.74) is 1.68. The Kier molecular flexibility index (Phi) is 7.09. The maximum atomic E-state index is 12.5. The summed E-state index contributed by atoms with van der Waals surface area (Å²) < 4.78 is 16.7. The van der Waals surface area contributed by atoms with Crippen LogP contribution in [-0.2, 0) is 11.2 Å². The Labute approximate surface area is 154 Å². The molecule has 5 heteroatoms. The van der Waals surface area contributed by atoms with Crippen molar-refractivity contribution < 1.29 is 19.0 Å². The van der Waals surface area contributed by atoms with Gasteiger partial charge in [0.25, 0.3) is 5.91 Å². The average Bonchev–Trinajstić information content (AvgIpc) is 2.64. The van der Waals surface area contributed by atoms with Crippen LogP contribution in [0.25, 0.3) is 0 Å². The number of amides is 1. The normalized spacial score (nSPS) is 11.3. The van der Waals surface area contributed by atoms with Crippen molar-refractivity contribution in [2.24, 2.45) is 0 Å². The van der Waals surface area contributed by atoms with Gasteiger partial charge in [0.1, 0.15) is 5.75 Å². The number of benzene rings is 2. The second-order valence-corrected chi connectivity index (χ2v) is 5.66. The average molecular weight is 355 g/mol. The SMILES string of the molecule is C=CCc1ccc(OC(C)C(=O)Nc2ccccc2OCC)c(OC)c1. The number of methoxy groups -OCH3 is 1. The molecule has 1 atom stereocenters. The van der Waals surface area contributed by atoms with E-state index in [1.165, 1.54) is 0 Å². The third-order valence-corrected chi connectivity index (χ3v) is 3.73. The Morgan fingerprint density at radius 2 is 1.96 bits per heavy atom. The van der Waals surface area contributed by atoms with Gasteiger partial charge in [-0.1, -0.05) is 24.3 Å². The lowest BCUT2D eigenvalue weighted by Crippen LogP contribution is -2.30. The van der Waals surface area contributed by atoms with Gasteiger partial charge in [0.15, 0.2) is 17.6 Å². The van der Waals surface area contributed by atoms with Crippen LogP contribution < -0.4 is 19.5 Å². The number of ether oxygens (including phenoxy) is 3. The molecule has 138 valence electrons. The first-order valence-electron chi connectivity index (χ1n) is 8.56. The summed E-state index contributed by atoms with van der Waals surface area (Å²) in [6.07, 6.45) is 1.85. The molecule has 0 bridgehead atoms. The van der Waals surface area contributed by atoms with Crippen LogP contribution in [-0.4, -0.2) is 25.7 Å². The van der Waals surface area contributed by atoms with E-state index in [9.17, 15) is 4.79 Å². The second-order valence-electron chi connectivity index (χ2n) is 5.66. The van der Waals surface area contributed by atoms with Crippen molar-refractivity contribution in [3.63, 3.8) is 0 Å². The summed E-state index contributed by atoms with van der Waals surface area (Å²) in [6.45, 7) is 7.84. The maximum Gasteiger partial charge on any atom is 0.265 e. The van der Waals surface area contributed by atoms with E-state index in [1.807, 2.05) is 43.3 Å². The molecule has 0 heterocycles. The van der Waals surface area contributed by atoms with Crippen LogP contribution in [0, 0.1) is 0 Å². The van der Waals surface area contributed by atoms with Gasteiger partial charge in [-0.2, -0.15) is 0 Å². The van der Waals surface area contributed by atoms with Crippen molar-refractivity contribution in [1.82, 2.24) is 0 Å². The molecule has 0 aromatic heterocycles. The lowest BCUT2D eigenvalue weighted by molar-refractivity contribution is -0.122.